The van der Waals surface area contributed by atoms with E-state index in [0.29, 0.717) is 18.4 Å². The van der Waals surface area contributed by atoms with E-state index >= 15 is 0 Å². The summed E-state index contributed by atoms with van der Waals surface area (Å²) in [4.78, 5) is 24.1. The van der Waals surface area contributed by atoms with Gasteiger partial charge in [-0.1, -0.05) is 36.4 Å². The van der Waals surface area contributed by atoms with Crippen molar-refractivity contribution in [3.05, 3.63) is 59.7 Å². The molecular formula is C19H21NO5. The number of hydrogen-bond donors (Lipinski definition) is 3. The lowest BCUT2D eigenvalue weighted by Crippen LogP contribution is -2.43. The number of aromatic hydroxyl groups is 2. The van der Waals surface area contributed by atoms with Crippen molar-refractivity contribution in [2.75, 3.05) is 7.11 Å². The highest BCUT2D eigenvalue weighted by Crippen LogP contribution is 2.25. The van der Waals surface area contributed by atoms with Crippen molar-refractivity contribution >= 4 is 11.9 Å². The zero-order chi connectivity index (χ0) is 18.2. The van der Waals surface area contributed by atoms with Gasteiger partial charge in [0.2, 0.25) is 5.91 Å². The van der Waals surface area contributed by atoms with E-state index in [1.165, 1.54) is 19.2 Å². The molecule has 0 heterocycles. The van der Waals surface area contributed by atoms with Gasteiger partial charge in [-0.25, -0.2) is 4.79 Å². The van der Waals surface area contributed by atoms with Crippen LogP contribution in [0.15, 0.2) is 48.5 Å². The molecule has 6 heteroatoms. The molecule has 0 saturated carbocycles. The highest BCUT2D eigenvalue weighted by Gasteiger charge is 2.21. The summed E-state index contributed by atoms with van der Waals surface area (Å²) in [6.45, 7) is 0. The molecular weight excluding hydrogens is 322 g/mol. The summed E-state index contributed by atoms with van der Waals surface area (Å²) in [5.41, 5.74) is 1.63. The van der Waals surface area contributed by atoms with Crippen LogP contribution in [0.2, 0.25) is 0 Å². The van der Waals surface area contributed by atoms with Gasteiger partial charge in [0.15, 0.2) is 11.5 Å². The second-order valence-corrected chi connectivity index (χ2v) is 5.66. The number of rotatable bonds is 7. The van der Waals surface area contributed by atoms with Gasteiger partial charge in [0, 0.05) is 12.8 Å². The molecule has 0 aromatic heterocycles. The number of esters is 1. The summed E-state index contributed by atoms with van der Waals surface area (Å²) in [5, 5.41) is 21.4. The zero-order valence-electron chi connectivity index (χ0n) is 13.9. The molecule has 0 radical (unpaired) electrons. The summed E-state index contributed by atoms with van der Waals surface area (Å²) in [7, 11) is 1.28. The third-order valence-electron chi connectivity index (χ3n) is 3.78. The van der Waals surface area contributed by atoms with E-state index in [-0.39, 0.29) is 23.8 Å². The minimum atomic E-state index is -0.756. The molecule has 2 aromatic rings. The van der Waals surface area contributed by atoms with Crippen molar-refractivity contribution in [3.63, 3.8) is 0 Å². The first kappa shape index (κ1) is 18.3. The highest BCUT2D eigenvalue weighted by molar-refractivity contribution is 5.84. The smallest absolute Gasteiger partial charge is 0.328 e. The fourth-order valence-electron chi connectivity index (χ4n) is 2.43. The second-order valence-electron chi connectivity index (χ2n) is 5.66. The van der Waals surface area contributed by atoms with Crippen LogP contribution in [0.5, 0.6) is 11.5 Å². The summed E-state index contributed by atoms with van der Waals surface area (Å²) in [5.74, 6) is -1.23. The average molecular weight is 343 g/mol. The second kappa shape index (κ2) is 8.73. The zero-order valence-corrected chi connectivity index (χ0v) is 13.9. The minimum absolute atomic E-state index is 0.145. The maximum atomic E-state index is 12.2. The van der Waals surface area contributed by atoms with Gasteiger partial charge in [0.1, 0.15) is 6.04 Å². The number of phenolic OH excluding ortho intramolecular Hbond substituents is 2. The van der Waals surface area contributed by atoms with E-state index in [1.807, 2.05) is 30.3 Å². The third kappa shape index (κ3) is 5.53. The molecule has 0 aliphatic rings. The number of ether oxygens (including phenoxy) is 1. The van der Waals surface area contributed by atoms with Crippen molar-refractivity contribution in [2.24, 2.45) is 0 Å². The Kier molecular flexibility index (Phi) is 6.39. The third-order valence-corrected chi connectivity index (χ3v) is 3.78. The Morgan fingerprint density at radius 3 is 2.40 bits per heavy atom. The Bertz CT molecular complexity index is 730. The Hall–Kier alpha value is -3.02. The van der Waals surface area contributed by atoms with Crippen molar-refractivity contribution in [3.8, 4) is 11.5 Å². The van der Waals surface area contributed by atoms with Crippen LogP contribution in [-0.4, -0.2) is 35.2 Å². The van der Waals surface area contributed by atoms with Crippen molar-refractivity contribution in [1.82, 2.24) is 5.32 Å². The van der Waals surface area contributed by atoms with E-state index in [2.05, 4.69) is 5.32 Å². The quantitative estimate of drug-likeness (QED) is 0.527. The molecule has 0 fully saturated rings. The number of aryl methyl sites for hydroxylation is 1. The predicted molar refractivity (Wildman–Crippen MR) is 92.2 cm³/mol. The molecule has 0 aliphatic heterocycles. The molecule has 0 saturated heterocycles. The van der Waals surface area contributed by atoms with Crippen molar-refractivity contribution in [2.45, 2.75) is 25.3 Å². The van der Waals surface area contributed by atoms with E-state index in [4.69, 9.17) is 4.74 Å². The number of nitrogens with one attached hydrogen (secondary N) is 1. The molecule has 0 spiro atoms. The van der Waals surface area contributed by atoms with Crippen LogP contribution in [0.1, 0.15) is 17.5 Å². The van der Waals surface area contributed by atoms with Gasteiger partial charge in [-0.05, 0) is 29.7 Å². The molecule has 2 aromatic carbocycles. The Balaban J connectivity index is 1.94. The van der Waals surface area contributed by atoms with Crippen LogP contribution >= 0.6 is 0 Å². The Morgan fingerprint density at radius 1 is 1.04 bits per heavy atom. The lowest BCUT2D eigenvalue weighted by molar-refractivity contribution is -0.145. The first-order valence-corrected chi connectivity index (χ1v) is 7.91. The van der Waals surface area contributed by atoms with Crippen LogP contribution in [0.25, 0.3) is 0 Å². The molecule has 1 amide bonds. The number of phenols is 2. The van der Waals surface area contributed by atoms with Crippen LogP contribution in [0.4, 0.5) is 0 Å². The monoisotopic (exact) mass is 343 g/mol. The SMILES string of the molecule is COC(=O)[C@H](Cc1ccccc1)NC(=O)CCc1ccc(O)c(O)c1. The van der Waals surface area contributed by atoms with Gasteiger partial charge in [0.05, 0.1) is 7.11 Å². The van der Waals surface area contributed by atoms with Crippen molar-refractivity contribution in [1.29, 1.82) is 0 Å². The minimum Gasteiger partial charge on any atom is -0.504 e. The standard InChI is InChI=1S/C19H21NO5/c1-25-19(24)15(11-13-5-3-2-4-6-13)20-18(23)10-8-14-7-9-16(21)17(22)12-14/h2-7,9,12,15,21-22H,8,10-11H2,1H3,(H,20,23)/t15-/m0/s1. The fraction of sp³-hybridized carbons (Fsp3) is 0.263. The van der Waals surface area contributed by atoms with Crippen LogP contribution in [0.3, 0.4) is 0 Å². The van der Waals surface area contributed by atoms with Gasteiger partial charge in [-0.15, -0.1) is 0 Å². The molecule has 0 aliphatic carbocycles. The molecule has 6 nitrogen and oxygen atoms in total. The summed E-state index contributed by atoms with van der Waals surface area (Å²) >= 11 is 0. The van der Waals surface area contributed by atoms with Gasteiger partial charge in [0.25, 0.3) is 0 Å². The van der Waals surface area contributed by atoms with Crippen LogP contribution in [0, 0.1) is 0 Å². The van der Waals surface area contributed by atoms with Gasteiger partial charge in [-0.2, -0.15) is 0 Å². The number of amides is 1. The number of carbonyl (C=O) groups is 2. The average Bonchev–Trinajstić information content (AvgIpc) is 2.62. The van der Waals surface area contributed by atoms with E-state index in [9.17, 15) is 19.8 Å². The highest BCUT2D eigenvalue weighted by atomic mass is 16.5. The first-order chi connectivity index (χ1) is 12.0. The van der Waals surface area contributed by atoms with E-state index in [0.717, 1.165) is 5.56 Å². The molecule has 0 unspecified atom stereocenters. The largest absolute Gasteiger partial charge is 0.504 e. The topological polar surface area (TPSA) is 95.9 Å². The fourth-order valence-corrected chi connectivity index (χ4v) is 2.43. The van der Waals surface area contributed by atoms with Crippen molar-refractivity contribution < 1.29 is 24.5 Å². The summed E-state index contributed by atoms with van der Waals surface area (Å²) in [6, 6.07) is 13.0. The van der Waals surface area contributed by atoms with Gasteiger partial charge < -0.3 is 20.3 Å². The normalized spacial score (nSPS) is 11.6. The lowest BCUT2D eigenvalue weighted by Gasteiger charge is -2.16. The first-order valence-electron chi connectivity index (χ1n) is 7.91. The molecule has 0 bridgehead atoms. The number of carbonyl (C=O) groups excluding carboxylic acids is 2. The molecule has 25 heavy (non-hydrogen) atoms. The molecule has 2 rings (SSSR count). The van der Waals surface area contributed by atoms with Gasteiger partial charge in [-0.3, -0.25) is 4.79 Å². The van der Waals surface area contributed by atoms with Crippen LogP contribution in [-0.2, 0) is 27.2 Å². The molecule has 1 atom stereocenters. The summed E-state index contributed by atoms with van der Waals surface area (Å²) < 4.78 is 4.76. The maximum absolute atomic E-state index is 12.2. The maximum Gasteiger partial charge on any atom is 0.328 e. The van der Waals surface area contributed by atoms with E-state index < -0.39 is 12.0 Å². The molecule has 3 N–H and O–H groups in total. The Labute approximate surface area is 146 Å². The van der Waals surface area contributed by atoms with E-state index in [1.54, 1.807) is 6.07 Å². The summed E-state index contributed by atoms with van der Waals surface area (Å²) in [6.07, 6.45) is 0.866. The number of methoxy groups -OCH3 is 1. The number of benzene rings is 2. The molecule has 132 valence electrons. The van der Waals surface area contributed by atoms with Crippen LogP contribution < -0.4 is 5.32 Å². The van der Waals surface area contributed by atoms with Gasteiger partial charge >= 0.3 is 5.97 Å². The lowest BCUT2D eigenvalue weighted by atomic mass is 10.0. The number of hydrogen-bond acceptors (Lipinski definition) is 5. The predicted octanol–water partition coefficient (Wildman–Crippen LogP) is 1.93. The Morgan fingerprint density at radius 2 is 1.76 bits per heavy atom.